The minimum absolute atomic E-state index is 0.525. The van der Waals surface area contributed by atoms with Crippen molar-refractivity contribution in [3.8, 4) is 0 Å². The summed E-state index contributed by atoms with van der Waals surface area (Å²) in [4.78, 5) is 11.4. The van der Waals surface area contributed by atoms with E-state index in [0.29, 0.717) is 5.82 Å². The fourth-order valence-corrected chi connectivity index (χ4v) is 2.85. The van der Waals surface area contributed by atoms with Gasteiger partial charge in [-0.1, -0.05) is 13.8 Å². The normalized spacial score (nSPS) is 24.4. The number of aryl methyl sites for hydroxylation is 1. The highest BCUT2D eigenvalue weighted by atomic mass is 15.3. The molecule has 20 heavy (non-hydrogen) atoms. The molecule has 3 heterocycles. The molecule has 1 aliphatic rings. The van der Waals surface area contributed by atoms with Crippen molar-refractivity contribution in [3.63, 3.8) is 0 Å². The first-order chi connectivity index (χ1) is 9.54. The molecular weight excluding hydrogens is 252 g/mol. The molecule has 0 bridgehead atoms. The second-order valence-corrected chi connectivity index (χ2v) is 6.01. The van der Waals surface area contributed by atoms with Crippen LogP contribution in [0.2, 0.25) is 0 Å². The molecule has 3 rings (SSSR count). The van der Waals surface area contributed by atoms with Crippen molar-refractivity contribution in [2.45, 2.75) is 26.8 Å². The Balaban J connectivity index is 1.82. The van der Waals surface area contributed by atoms with Crippen LogP contribution in [-0.4, -0.2) is 37.7 Å². The van der Waals surface area contributed by atoms with Crippen LogP contribution in [0.15, 0.2) is 6.20 Å². The van der Waals surface area contributed by atoms with Gasteiger partial charge < -0.3 is 5.73 Å². The van der Waals surface area contributed by atoms with E-state index >= 15 is 0 Å². The zero-order valence-electron chi connectivity index (χ0n) is 12.4. The van der Waals surface area contributed by atoms with Crippen LogP contribution >= 0.6 is 0 Å². The maximum atomic E-state index is 6.00. The minimum Gasteiger partial charge on any atom is -0.383 e. The van der Waals surface area contributed by atoms with Gasteiger partial charge in [0.05, 0.1) is 18.1 Å². The van der Waals surface area contributed by atoms with Crippen molar-refractivity contribution in [2.24, 2.45) is 18.9 Å². The van der Waals surface area contributed by atoms with Crippen LogP contribution in [0.5, 0.6) is 0 Å². The summed E-state index contributed by atoms with van der Waals surface area (Å²) < 4.78 is 1.75. The first-order valence-electron chi connectivity index (χ1n) is 7.21. The Morgan fingerprint density at radius 2 is 2.10 bits per heavy atom. The van der Waals surface area contributed by atoms with Crippen molar-refractivity contribution in [1.82, 2.24) is 24.6 Å². The van der Waals surface area contributed by atoms with Gasteiger partial charge >= 0.3 is 0 Å². The third-order valence-electron chi connectivity index (χ3n) is 4.45. The van der Waals surface area contributed by atoms with Gasteiger partial charge in [-0.25, -0.2) is 9.97 Å². The van der Waals surface area contributed by atoms with E-state index < -0.39 is 0 Å². The molecule has 0 aliphatic carbocycles. The van der Waals surface area contributed by atoms with E-state index in [1.165, 1.54) is 6.42 Å². The van der Waals surface area contributed by atoms with Crippen molar-refractivity contribution in [3.05, 3.63) is 12.0 Å². The standard InChI is InChI=1S/C14H22N6/c1-9-4-5-20(7-10(9)2)8-12-17-13(15)11-6-16-19(3)14(11)18-12/h6,9-10H,4-5,7-8H2,1-3H3,(H2,15,17,18). The topological polar surface area (TPSA) is 72.9 Å². The van der Waals surface area contributed by atoms with Gasteiger partial charge in [0.15, 0.2) is 5.65 Å². The third kappa shape index (κ3) is 2.35. The van der Waals surface area contributed by atoms with E-state index in [-0.39, 0.29) is 0 Å². The summed E-state index contributed by atoms with van der Waals surface area (Å²) in [7, 11) is 1.88. The summed E-state index contributed by atoms with van der Waals surface area (Å²) in [5.41, 5.74) is 6.81. The minimum atomic E-state index is 0.525. The Morgan fingerprint density at radius 3 is 2.85 bits per heavy atom. The fourth-order valence-electron chi connectivity index (χ4n) is 2.85. The predicted molar refractivity (Wildman–Crippen MR) is 78.9 cm³/mol. The van der Waals surface area contributed by atoms with Crippen molar-refractivity contribution >= 4 is 16.9 Å². The second-order valence-electron chi connectivity index (χ2n) is 6.01. The number of rotatable bonds is 2. The Hall–Kier alpha value is -1.69. The van der Waals surface area contributed by atoms with E-state index in [9.17, 15) is 0 Å². The molecule has 0 radical (unpaired) electrons. The first-order valence-corrected chi connectivity index (χ1v) is 7.21. The van der Waals surface area contributed by atoms with Gasteiger partial charge in [-0.3, -0.25) is 9.58 Å². The molecular formula is C14H22N6. The van der Waals surface area contributed by atoms with Gasteiger partial charge in [0.25, 0.3) is 0 Å². The van der Waals surface area contributed by atoms with Gasteiger partial charge in [0, 0.05) is 13.6 Å². The quantitative estimate of drug-likeness (QED) is 0.896. The smallest absolute Gasteiger partial charge is 0.163 e. The summed E-state index contributed by atoms with van der Waals surface area (Å²) in [5, 5.41) is 5.02. The SMILES string of the molecule is CC1CCN(Cc2nc(N)c3cnn(C)c3n2)CC1C. The Morgan fingerprint density at radius 1 is 1.30 bits per heavy atom. The molecule has 2 N–H and O–H groups in total. The van der Waals surface area contributed by atoms with Crippen LogP contribution in [0, 0.1) is 11.8 Å². The Labute approximate surface area is 119 Å². The maximum absolute atomic E-state index is 6.00. The van der Waals surface area contributed by atoms with Crippen molar-refractivity contribution in [1.29, 1.82) is 0 Å². The Bertz CT molecular complexity index is 619. The molecule has 6 heteroatoms. The summed E-state index contributed by atoms with van der Waals surface area (Å²) in [6.45, 7) is 7.63. The highest BCUT2D eigenvalue weighted by molar-refractivity contribution is 5.84. The Kier molecular flexibility index (Phi) is 3.33. The molecule has 1 fully saturated rings. The number of nitrogens with two attached hydrogens (primary N) is 1. The van der Waals surface area contributed by atoms with E-state index in [1.54, 1.807) is 10.9 Å². The molecule has 108 valence electrons. The van der Waals surface area contributed by atoms with E-state index in [4.69, 9.17) is 5.73 Å². The average Bonchev–Trinajstić information content (AvgIpc) is 2.77. The molecule has 1 saturated heterocycles. The maximum Gasteiger partial charge on any atom is 0.163 e. The molecule has 2 unspecified atom stereocenters. The van der Waals surface area contributed by atoms with Crippen LogP contribution in [0.3, 0.4) is 0 Å². The van der Waals surface area contributed by atoms with Crippen LogP contribution < -0.4 is 5.73 Å². The fraction of sp³-hybridized carbons (Fsp3) is 0.643. The third-order valence-corrected chi connectivity index (χ3v) is 4.45. The molecule has 0 aromatic carbocycles. The van der Waals surface area contributed by atoms with Gasteiger partial charge in [0.1, 0.15) is 11.6 Å². The van der Waals surface area contributed by atoms with Gasteiger partial charge in [0.2, 0.25) is 0 Å². The molecule has 2 aromatic rings. The number of hydrogen-bond donors (Lipinski definition) is 1. The molecule has 6 nitrogen and oxygen atoms in total. The number of nitrogens with zero attached hydrogens (tertiary/aromatic N) is 5. The lowest BCUT2D eigenvalue weighted by molar-refractivity contribution is 0.129. The number of nitrogen functional groups attached to an aromatic ring is 1. The lowest BCUT2D eigenvalue weighted by atomic mass is 9.89. The number of likely N-dealkylation sites (tertiary alicyclic amines) is 1. The molecule has 0 amide bonds. The van der Waals surface area contributed by atoms with E-state index in [2.05, 4.69) is 33.8 Å². The molecule has 2 atom stereocenters. The zero-order valence-corrected chi connectivity index (χ0v) is 12.4. The van der Waals surface area contributed by atoms with Crippen LogP contribution in [0.4, 0.5) is 5.82 Å². The monoisotopic (exact) mass is 274 g/mol. The number of hydrogen-bond acceptors (Lipinski definition) is 5. The van der Waals surface area contributed by atoms with Gasteiger partial charge in [-0.05, 0) is 24.8 Å². The molecule has 0 spiro atoms. The zero-order chi connectivity index (χ0) is 14.3. The summed E-state index contributed by atoms with van der Waals surface area (Å²) in [6.07, 6.45) is 2.96. The largest absolute Gasteiger partial charge is 0.383 e. The van der Waals surface area contributed by atoms with Gasteiger partial charge in [-0.15, -0.1) is 0 Å². The van der Waals surface area contributed by atoms with Crippen LogP contribution in [0.25, 0.3) is 11.0 Å². The first kappa shape index (κ1) is 13.3. The van der Waals surface area contributed by atoms with Gasteiger partial charge in [-0.2, -0.15) is 5.10 Å². The van der Waals surface area contributed by atoms with Crippen LogP contribution in [0.1, 0.15) is 26.1 Å². The van der Waals surface area contributed by atoms with Crippen LogP contribution in [-0.2, 0) is 13.6 Å². The van der Waals surface area contributed by atoms with Crippen molar-refractivity contribution < 1.29 is 0 Å². The summed E-state index contributed by atoms with van der Waals surface area (Å²) >= 11 is 0. The molecule has 0 saturated carbocycles. The lowest BCUT2D eigenvalue weighted by Crippen LogP contribution is -2.38. The second kappa shape index (κ2) is 5.01. The van der Waals surface area contributed by atoms with E-state index in [0.717, 1.165) is 48.3 Å². The lowest BCUT2D eigenvalue weighted by Gasteiger charge is -2.34. The number of aromatic nitrogens is 4. The highest BCUT2D eigenvalue weighted by Gasteiger charge is 2.23. The number of piperidine rings is 1. The van der Waals surface area contributed by atoms with Crippen molar-refractivity contribution in [2.75, 3.05) is 18.8 Å². The predicted octanol–water partition coefficient (Wildman–Crippen LogP) is 1.42. The average molecular weight is 274 g/mol. The molecule has 1 aliphatic heterocycles. The number of fused-ring (bicyclic) bond motifs is 1. The highest BCUT2D eigenvalue weighted by Crippen LogP contribution is 2.24. The summed E-state index contributed by atoms with van der Waals surface area (Å²) in [6, 6.07) is 0. The van der Waals surface area contributed by atoms with E-state index in [1.807, 2.05) is 7.05 Å². The number of anilines is 1. The summed E-state index contributed by atoms with van der Waals surface area (Å²) in [5.74, 6) is 2.84. The molecule has 2 aromatic heterocycles.